The van der Waals surface area contributed by atoms with Crippen molar-refractivity contribution < 1.29 is 4.74 Å². The van der Waals surface area contributed by atoms with Crippen molar-refractivity contribution in [1.82, 2.24) is 5.32 Å². The molecule has 2 nitrogen and oxygen atoms in total. The molecule has 0 saturated heterocycles. The molecule has 0 aromatic carbocycles. The van der Waals surface area contributed by atoms with E-state index in [-0.39, 0.29) is 0 Å². The lowest BCUT2D eigenvalue weighted by molar-refractivity contribution is 0.000515. The van der Waals surface area contributed by atoms with E-state index in [4.69, 9.17) is 4.74 Å². The predicted octanol–water partition coefficient (Wildman–Crippen LogP) is 2.72. The summed E-state index contributed by atoms with van der Waals surface area (Å²) in [5.41, 5.74) is 0. The molecular weight excluding hydrogens is 174 g/mol. The summed E-state index contributed by atoms with van der Waals surface area (Å²) in [7, 11) is 0. The Labute approximate surface area is 88.4 Å². The number of ether oxygens (including phenoxy) is 1. The summed E-state index contributed by atoms with van der Waals surface area (Å²) >= 11 is 0. The lowest BCUT2D eigenvalue weighted by Gasteiger charge is -2.25. The number of rotatable bonds is 8. The second-order valence-corrected chi connectivity index (χ2v) is 4.38. The van der Waals surface area contributed by atoms with Gasteiger partial charge in [0.15, 0.2) is 0 Å². The fourth-order valence-electron chi connectivity index (χ4n) is 1.79. The minimum atomic E-state index is 0.612. The van der Waals surface area contributed by atoms with Crippen molar-refractivity contribution in [3.05, 3.63) is 0 Å². The van der Waals surface area contributed by atoms with Crippen molar-refractivity contribution in [2.45, 2.75) is 64.5 Å². The van der Waals surface area contributed by atoms with E-state index < -0.39 is 0 Å². The zero-order valence-electron chi connectivity index (χ0n) is 9.72. The zero-order chi connectivity index (χ0) is 10.2. The highest BCUT2D eigenvalue weighted by Crippen LogP contribution is 2.22. The van der Waals surface area contributed by atoms with Crippen LogP contribution in [0.25, 0.3) is 0 Å². The molecule has 0 heterocycles. The Morgan fingerprint density at radius 2 is 2.14 bits per heavy atom. The molecule has 1 saturated carbocycles. The van der Waals surface area contributed by atoms with E-state index >= 15 is 0 Å². The van der Waals surface area contributed by atoms with E-state index in [0.717, 1.165) is 13.2 Å². The van der Waals surface area contributed by atoms with Crippen LogP contribution in [0.4, 0.5) is 0 Å². The van der Waals surface area contributed by atoms with Crippen LogP contribution in [0.15, 0.2) is 0 Å². The molecule has 0 amide bonds. The highest BCUT2D eigenvalue weighted by atomic mass is 16.5. The molecule has 0 radical (unpaired) electrons. The van der Waals surface area contributed by atoms with Crippen molar-refractivity contribution >= 4 is 0 Å². The van der Waals surface area contributed by atoms with Crippen molar-refractivity contribution in [2.24, 2.45) is 0 Å². The number of hydrogen-bond acceptors (Lipinski definition) is 2. The first-order valence-corrected chi connectivity index (χ1v) is 6.18. The highest BCUT2D eigenvalue weighted by molar-refractivity contribution is 4.69. The molecule has 1 unspecified atom stereocenters. The van der Waals surface area contributed by atoms with Gasteiger partial charge in [-0.25, -0.2) is 0 Å². The normalized spacial score (nSPS) is 19.3. The van der Waals surface area contributed by atoms with E-state index in [2.05, 4.69) is 19.2 Å². The molecule has 0 spiro atoms. The van der Waals surface area contributed by atoms with Crippen LogP contribution >= 0.6 is 0 Å². The molecule has 0 aliphatic heterocycles. The topological polar surface area (TPSA) is 21.3 Å². The van der Waals surface area contributed by atoms with Crippen molar-refractivity contribution in [3.63, 3.8) is 0 Å². The summed E-state index contributed by atoms with van der Waals surface area (Å²) in [6, 6.07) is 0.670. The average molecular weight is 199 g/mol. The Bertz CT molecular complexity index is 134. The first kappa shape index (κ1) is 12.0. The van der Waals surface area contributed by atoms with Gasteiger partial charge in [-0.3, -0.25) is 0 Å². The summed E-state index contributed by atoms with van der Waals surface area (Å²) in [6.45, 7) is 6.48. The molecule has 0 aromatic heterocycles. The van der Waals surface area contributed by atoms with E-state index in [9.17, 15) is 0 Å². The van der Waals surface area contributed by atoms with E-state index in [1.54, 1.807) is 0 Å². The smallest absolute Gasteiger partial charge is 0.0575 e. The van der Waals surface area contributed by atoms with Gasteiger partial charge in [-0.1, -0.05) is 6.92 Å². The molecule has 1 N–H and O–H groups in total. The lowest BCUT2D eigenvalue weighted by atomic mass is 9.96. The Hall–Kier alpha value is -0.0800. The minimum absolute atomic E-state index is 0.612. The number of nitrogens with one attached hydrogen (secondary N) is 1. The standard InChI is InChI=1S/C12H25NO/c1-3-13-11(2)7-4-5-10-14-12-8-6-9-12/h11-13H,3-10H2,1-2H3. The summed E-state index contributed by atoms with van der Waals surface area (Å²) in [5.74, 6) is 0. The number of hydrogen-bond donors (Lipinski definition) is 1. The maximum absolute atomic E-state index is 5.70. The van der Waals surface area contributed by atoms with Gasteiger partial charge in [0.2, 0.25) is 0 Å². The molecular formula is C12H25NO. The predicted molar refractivity (Wildman–Crippen MR) is 60.6 cm³/mol. The fraction of sp³-hybridized carbons (Fsp3) is 1.00. The maximum Gasteiger partial charge on any atom is 0.0575 e. The van der Waals surface area contributed by atoms with Crippen molar-refractivity contribution in [2.75, 3.05) is 13.2 Å². The molecule has 1 atom stereocenters. The Kier molecular flexibility index (Phi) is 6.20. The van der Waals surface area contributed by atoms with Gasteiger partial charge in [-0.15, -0.1) is 0 Å². The quantitative estimate of drug-likeness (QED) is 0.607. The molecule has 0 aromatic rings. The SMILES string of the molecule is CCNC(C)CCCCOC1CCC1. The molecule has 1 aliphatic rings. The zero-order valence-corrected chi connectivity index (χ0v) is 9.72. The molecule has 1 aliphatic carbocycles. The van der Waals surface area contributed by atoms with Crippen LogP contribution in [0.5, 0.6) is 0 Å². The Morgan fingerprint density at radius 3 is 2.71 bits per heavy atom. The van der Waals surface area contributed by atoms with E-state index in [1.807, 2.05) is 0 Å². The average Bonchev–Trinajstić information content (AvgIpc) is 2.08. The van der Waals surface area contributed by atoms with Crippen LogP contribution in [0.3, 0.4) is 0 Å². The largest absolute Gasteiger partial charge is 0.378 e. The van der Waals surface area contributed by atoms with Crippen LogP contribution in [-0.2, 0) is 4.74 Å². The third kappa shape index (κ3) is 4.97. The van der Waals surface area contributed by atoms with Gasteiger partial charge in [0, 0.05) is 12.6 Å². The maximum atomic E-state index is 5.70. The van der Waals surface area contributed by atoms with Gasteiger partial charge in [-0.2, -0.15) is 0 Å². The van der Waals surface area contributed by atoms with Crippen molar-refractivity contribution in [3.8, 4) is 0 Å². The van der Waals surface area contributed by atoms with Crippen LogP contribution < -0.4 is 5.32 Å². The van der Waals surface area contributed by atoms with Crippen LogP contribution in [0.1, 0.15) is 52.4 Å². The van der Waals surface area contributed by atoms with Crippen LogP contribution in [-0.4, -0.2) is 25.3 Å². The van der Waals surface area contributed by atoms with Gasteiger partial charge in [-0.05, 0) is 52.0 Å². The third-order valence-corrected chi connectivity index (χ3v) is 2.99. The van der Waals surface area contributed by atoms with Gasteiger partial charge >= 0.3 is 0 Å². The van der Waals surface area contributed by atoms with Crippen LogP contribution in [0.2, 0.25) is 0 Å². The van der Waals surface area contributed by atoms with Gasteiger partial charge in [0.1, 0.15) is 0 Å². The molecule has 1 fully saturated rings. The molecule has 14 heavy (non-hydrogen) atoms. The summed E-state index contributed by atoms with van der Waals surface area (Å²) in [4.78, 5) is 0. The first-order chi connectivity index (χ1) is 6.83. The number of unbranched alkanes of at least 4 members (excludes halogenated alkanes) is 1. The molecule has 1 rings (SSSR count). The van der Waals surface area contributed by atoms with Gasteiger partial charge < -0.3 is 10.1 Å². The lowest BCUT2D eigenvalue weighted by Crippen LogP contribution is -2.25. The fourth-order valence-corrected chi connectivity index (χ4v) is 1.79. The van der Waals surface area contributed by atoms with E-state index in [0.29, 0.717) is 12.1 Å². The van der Waals surface area contributed by atoms with E-state index in [1.165, 1.54) is 38.5 Å². The Morgan fingerprint density at radius 1 is 1.36 bits per heavy atom. The molecule has 84 valence electrons. The minimum Gasteiger partial charge on any atom is -0.378 e. The van der Waals surface area contributed by atoms with Crippen LogP contribution in [0, 0.1) is 0 Å². The third-order valence-electron chi connectivity index (χ3n) is 2.99. The van der Waals surface area contributed by atoms with Gasteiger partial charge in [0.25, 0.3) is 0 Å². The first-order valence-electron chi connectivity index (χ1n) is 6.18. The Balaban J connectivity index is 1.78. The summed E-state index contributed by atoms with van der Waals surface area (Å²) < 4.78 is 5.70. The second kappa shape index (κ2) is 7.24. The van der Waals surface area contributed by atoms with Crippen molar-refractivity contribution in [1.29, 1.82) is 0 Å². The second-order valence-electron chi connectivity index (χ2n) is 4.38. The molecule has 0 bridgehead atoms. The summed E-state index contributed by atoms with van der Waals surface area (Å²) in [6.07, 6.45) is 8.39. The monoisotopic (exact) mass is 199 g/mol. The summed E-state index contributed by atoms with van der Waals surface area (Å²) in [5, 5.41) is 3.43. The highest BCUT2D eigenvalue weighted by Gasteiger charge is 2.16. The molecule has 2 heteroatoms. The van der Waals surface area contributed by atoms with Gasteiger partial charge in [0.05, 0.1) is 6.10 Å².